The number of esters is 1. The number of aliphatic hydroxyl groups excluding tert-OH is 1. The lowest BCUT2D eigenvalue weighted by atomic mass is 10.2. The first-order chi connectivity index (χ1) is 5.93. The maximum atomic E-state index is 10.2. The van der Waals surface area contributed by atoms with Gasteiger partial charge in [-0.25, -0.2) is 0 Å². The third kappa shape index (κ3) is 18.4. The standard InChI is InChI=1S/C6H12O2.C4H10O/c1-4-5(2)8-6(3)7;1-4(2)3-5/h5H,4H2,1-3H3;4-5H,3H2,1-2H3. The summed E-state index contributed by atoms with van der Waals surface area (Å²) in [6.07, 6.45) is 0.965. The highest BCUT2D eigenvalue weighted by molar-refractivity contribution is 5.66. The van der Waals surface area contributed by atoms with Crippen molar-refractivity contribution in [2.45, 2.75) is 47.1 Å². The molecule has 13 heavy (non-hydrogen) atoms. The van der Waals surface area contributed by atoms with Crippen LogP contribution in [0, 0.1) is 5.92 Å². The van der Waals surface area contributed by atoms with Crippen molar-refractivity contribution in [1.82, 2.24) is 0 Å². The summed E-state index contributed by atoms with van der Waals surface area (Å²) in [6.45, 7) is 9.53. The Labute approximate surface area is 81.1 Å². The van der Waals surface area contributed by atoms with E-state index < -0.39 is 0 Å². The van der Waals surface area contributed by atoms with E-state index in [1.54, 1.807) is 0 Å². The maximum absolute atomic E-state index is 10.2. The zero-order chi connectivity index (χ0) is 10.9. The van der Waals surface area contributed by atoms with Gasteiger partial charge in [0.05, 0.1) is 6.10 Å². The average Bonchev–Trinajstić information content (AvgIpc) is 2.04. The van der Waals surface area contributed by atoms with Gasteiger partial charge in [-0.3, -0.25) is 4.79 Å². The van der Waals surface area contributed by atoms with Crippen LogP contribution in [0.25, 0.3) is 0 Å². The second-order valence-electron chi connectivity index (χ2n) is 3.40. The number of carbonyl (C=O) groups is 1. The van der Waals surface area contributed by atoms with Gasteiger partial charge in [-0.2, -0.15) is 0 Å². The minimum atomic E-state index is -0.195. The highest BCUT2D eigenvalue weighted by Gasteiger charge is 1.99. The van der Waals surface area contributed by atoms with Crippen LogP contribution >= 0.6 is 0 Å². The number of aliphatic hydroxyl groups is 1. The van der Waals surface area contributed by atoms with Crippen LogP contribution < -0.4 is 0 Å². The van der Waals surface area contributed by atoms with Crippen molar-refractivity contribution in [3.63, 3.8) is 0 Å². The minimum absolute atomic E-state index is 0.0764. The summed E-state index contributed by atoms with van der Waals surface area (Å²) in [7, 11) is 0. The molecule has 0 aliphatic heterocycles. The Kier molecular flexibility index (Phi) is 10.9. The summed E-state index contributed by atoms with van der Waals surface area (Å²) in [5.41, 5.74) is 0. The zero-order valence-corrected chi connectivity index (χ0v) is 9.33. The minimum Gasteiger partial charge on any atom is -0.463 e. The van der Waals surface area contributed by atoms with Crippen molar-refractivity contribution >= 4 is 5.97 Å². The Morgan fingerprint density at radius 1 is 1.38 bits per heavy atom. The molecule has 80 valence electrons. The van der Waals surface area contributed by atoms with Gasteiger partial charge >= 0.3 is 5.97 Å². The first kappa shape index (κ1) is 14.9. The molecule has 0 aromatic rings. The molecule has 1 atom stereocenters. The molecule has 0 saturated heterocycles. The van der Waals surface area contributed by atoms with Gasteiger partial charge in [0.25, 0.3) is 0 Å². The molecule has 0 amide bonds. The normalized spacial score (nSPS) is 11.6. The second-order valence-corrected chi connectivity index (χ2v) is 3.40. The van der Waals surface area contributed by atoms with Crippen LogP contribution in [0.3, 0.4) is 0 Å². The smallest absolute Gasteiger partial charge is 0.302 e. The molecule has 3 heteroatoms. The monoisotopic (exact) mass is 190 g/mol. The quantitative estimate of drug-likeness (QED) is 0.692. The molecule has 0 aliphatic rings. The van der Waals surface area contributed by atoms with Crippen LogP contribution in [0.4, 0.5) is 0 Å². The molecular formula is C10H22O3. The molecule has 1 N–H and O–H groups in total. The van der Waals surface area contributed by atoms with Crippen molar-refractivity contribution in [3.8, 4) is 0 Å². The van der Waals surface area contributed by atoms with Gasteiger partial charge in [-0.05, 0) is 19.3 Å². The van der Waals surface area contributed by atoms with Crippen LogP contribution in [0.15, 0.2) is 0 Å². The molecule has 0 bridgehead atoms. The zero-order valence-electron chi connectivity index (χ0n) is 9.33. The molecule has 0 spiro atoms. The highest BCUT2D eigenvalue weighted by atomic mass is 16.5. The van der Waals surface area contributed by atoms with E-state index in [1.807, 2.05) is 27.7 Å². The van der Waals surface area contributed by atoms with E-state index in [-0.39, 0.29) is 12.1 Å². The van der Waals surface area contributed by atoms with Crippen LogP contribution in [0.5, 0.6) is 0 Å². The highest BCUT2D eigenvalue weighted by Crippen LogP contribution is 1.94. The molecule has 0 heterocycles. The van der Waals surface area contributed by atoms with Crippen molar-refractivity contribution in [1.29, 1.82) is 0 Å². The van der Waals surface area contributed by atoms with Gasteiger partial charge in [0.2, 0.25) is 0 Å². The third-order valence-electron chi connectivity index (χ3n) is 1.31. The van der Waals surface area contributed by atoms with Gasteiger partial charge < -0.3 is 9.84 Å². The van der Waals surface area contributed by atoms with E-state index >= 15 is 0 Å². The van der Waals surface area contributed by atoms with E-state index in [0.29, 0.717) is 12.5 Å². The van der Waals surface area contributed by atoms with E-state index in [0.717, 1.165) is 6.42 Å². The largest absolute Gasteiger partial charge is 0.463 e. The SMILES string of the molecule is CC(C)CO.CCC(C)OC(C)=O. The number of hydrogen-bond acceptors (Lipinski definition) is 3. The Morgan fingerprint density at radius 2 is 1.77 bits per heavy atom. The lowest BCUT2D eigenvalue weighted by Crippen LogP contribution is -2.09. The fourth-order valence-corrected chi connectivity index (χ4v) is 0.367. The number of hydrogen-bond donors (Lipinski definition) is 1. The van der Waals surface area contributed by atoms with Crippen molar-refractivity contribution in [2.75, 3.05) is 6.61 Å². The Hall–Kier alpha value is -0.570. The fourth-order valence-electron chi connectivity index (χ4n) is 0.367. The predicted molar refractivity (Wildman–Crippen MR) is 53.4 cm³/mol. The third-order valence-corrected chi connectivity index (χ3v) is 1.31. The van der Waals surface area contributed by atoms with Gasteiger partial charge in [-0.15, -0.1) is 0 Å². The van der Waals surface area contributed by atoms with E-state index in [4.69, 9.17) is 9.84 Å². The summed E-state index contributed by atoms with van der Waals surface area (Å²) in [5, 5.41) is 8.14. The topological polar surface area (TPSA) is 46.5 Å². The Balaban J connectivity index is 0. The Bertz CT molecular complexity index is 121. The van der Waals surface area contributed by atoms with Crippen molar-refractivity contribution in [2.24, 2.45) is 5.92 Å². The second kappa shape index (κ2) is 9.52. The average molecular weight is 190 g/mol. The van der Waals surface area contributed by atoms with Crippen LogP contribution in [0.2, 0.25) is 0 Å². The lowest BCUT2D eigenvalue weighted by Gasteiger charge is -2.06. The van der Waals surface area contributed by atoms with E-state index in [2.05, 4.69) is 0 Å². The van der Waals surface area contributed by atoms with Crippen LogP contribution in [0.1, 0.15) is 41.0 Å². The first-order valence-corrected chi connectivity index (χ1v) is 4.72. The fraction of sp³-hybridized carbons (Fsp3) is 0.900. The molecule has 0 saturated carbocycles. The summed E-state index contributed by atoms with van der Waals surface area (Å²) >= 11 is 0. The van der Waals surface area contributed by atoms with Gasteiger partial charge in [0, 0.05) is 13.5 Å². The summed E-state index contributed by atoms with van der Waals surface area (Å²) in [5.74, 6) is 0.245. The number of rotatable bonds is 3. The Morgan fingerprint density at radius 3 is 1.85 bits per heavy atom. The first-order valence-electron chi connectivity index (χ1n) is 4.72. The molecule has 1 unspecified atom stereocenters. The summed E-state index contributed by atoms with van der Waals surface area (Å²) < 4.78 is 4.76. The molecule has 0 radical (unpaired) electrons. The molecule has 3 nitrogen and oxygen atoms in total. The van der Waals surface area contributed by atoms with Gasteiger partial charge in [-0.1, -0.05) is 20.8 Å². The van der Waals surface area contributed by atoms with Gasteiger partial charge in [0.1, 0.15) is 0 Å². The summed E-state index contributed by atoms with van der Waals surface area (Å²) in [4.78, 5) is 10.2. The molecule has 0 aromatic heterocycles. The number of carbonyl (C=O) groups excluding carboxylic acids is 1. The van der Waals surface area contributed by atoms with Crippen LogP contribution in [-0.4, -0.2) is 23.8 Å². The van der Waals surface area contributed by atoms with E-state index in [9.17, 15) is 4.79 Å². The van der Waals surface area contributed by atoms with Gasteiger partial charge in [0.15, 0.2) is 0 Å². The summed E-state index contributed by atoms with van der Waals surface area (Å²) in [6, 6.07) is 0. The number of ether oxygens (including phenoxy) is 1. The van der Waals surface area contributed by atoms with Crippen LogP contribution in [-0.2, 0) is 9.53 Å². The molecule has 0 aromatic carbocycles. The molecular weight excluding hydrogens is 168 g/mol. The van der Waals surface area contributed by atoms with E-state index in [1.165, 1.54) is 6.92 Å². The molecule has 0 rings (SSSR count). The van der Waals surface area contributed by atoms with Crippen molar-refractivity contribution < 1.29 is 14.6 Å². The molecule has 0 fully saturated rings. The maximum Gasteiger partial charge on any atom is 0.302 e. The van der Waals surface area contributed by atoms with Crippen molar-refractivity contribution in [3.05, 3.63) is 0 Å². The molecule has 0 aliphatic carbocycles. The predicted octanol–water partition coefficient (Wildman–Crippen LogP) is 1.98. The lowest BCUT2D eigenvalue weighted by molar-refractivity contribution is -0.145.